The summed E-state index contributed by atoms with van der Waals surface area (Å²) in [5.74, 6) is -1.76. The molecule has 0 spiro atoms. The second-order valence-corrected chi connectivity index (χ2v) is 7.06. The van der Waals surface area contributed by atoms with Crippen molar-refractivity contribution in [3.8, 4) is 5.75 Å². The molecular weight excluding hydrogens is 356 g/mol. The minimum atomic E-state index is -0.680. The quantitative estimate of drug-likeness (QED) is 0.694. The standard InChI is InChI=1S/C18H18N2O5S/c19-16(23)15-12-3-1-2-4-13(12)26-17(15)20-14(22)9-25-18(24)10-5-7-11(21)8-6-10/h5-8,21H,1-4,9H2,(H2,19,23)(H,20,22). The number of carbonyl (C=O) groups excluding carboxylic acids is 3. The van der Waals surface area contributed by atoms with Crippen LogP contribution in [0.5, 0.6) is 5.75 Å². The molecule has 1 aliphatic carbocycles. The van der Waals surface area contributed by atoms with Crippen LogP contribution in [-0.2, 0) is 22.4 Å². The number of hydrogen-bond acceptors (Lipinski definition) is 6. The number of esters is 1. The van der Waals surface area contributed by atoms with Crippen LogP contribution in [0.3, 0.4) is 0 Å². The molecule has 4 N–H and O–H groups in total. The molecule has 0 radical (unpaired) electrons. The molecule has 0 bridgehead atoms. The SMILES string of the molecule is NC(=O)c1c(NC(=O)COC(=O)c2ccc(O)cc2)sc2c1CCCC2. The van der Waals surface area contributed by atoms with Gasteiger partial charge in [-0.15, -0.1) is 11.3 Å². The molecule has 0 aliphatic heterocycles. The summed E-state index contributed by atoms with van der Waals surface area (Å²) in [6.45, 7) is -0.486. The molecule has 1 aromatic carbocycles. The molecule has 0 saturated heterocycles. The van der Waals surface area contributed by atoms with E-state index < -0.39 is 24.4 Å². The van der Waals surface area contributed by atoms with Gasteiger partial charge in [0.2, 0.25) is 0 Å². The molecular formula is C18H18N2O5S. The Morgan fingerprint density at radius 3 is 2.54 bits per heavy atom. The van der Waals surface area contributed by atoms with Crippen molar-refractivity contribution >= 4 is 34.1 Å². The normalized spacial score (nSPS) is 12.9. The largest absolute Gasteiger partial charge is 0.508 e. The van der Waals surface area contributed by atoms with Crippen molar-refractivity contribution in [3.05, 3.63) is 45.8 Å². The number of thiophene rings is 1. The lowest BCUT2D eigenvalue weighted by Crippen LogP contribution is -2.22. The van der Waals surface area contributed by atoms with Gasteiger partial charge in [-0.25, -0.2) is 4.79 Å². The van der Waals surface area contributed by atoms with Gasteiger partial charge in [-0.1, -0.05) is 0 Å². The molecule has 136 valence electrons. The number of aromatic hydroxyl groups is 1. The molecule has 8 heteroatoms. The summed E-state index contributed by atoms with van der Waals surface area (Å²) < 4.78 is 4.96. The van der Waals surface area contributed by atoms with E-state index in [1.807, 2.05) is 0 Å². The number of rotatable bonds is 5. The van der Waals surface area contributed by atoms with Crippen LogP contribution in [-0.4, -0.2) is 29.5 Å². The van der Waals surface area contributed by atoms with E-state index in [-0.39, 0.29) is 11.3 Å². The highest BCUT2D eigenvalue weighted by molar-refractivity contribution is 7.17. The van der Waals surface area contributed by atoms with E-state index in [0.29, 0.717) is 10.6 Å². The summed E-state index contributed by atoms with van der Waals surface area (Å²) in [5, 5.41) is 12.2. The smallest absolute Gasteiger partial charge is 0.338 e. The molecule has 7 nitrogen and oxygen atoms in total. The van der Waals surface area contributed by atoms with Gasteiger partial charge in [0, 0.05) is 4.88 Å². The van der Waals surface area contributed by atoms with Crippen molar-refractivity contribution < 1.29 is 24.2 Å². The Labute approximate surface area is 153 Å². The first kappa shape index (κ1) is 17.9. The van der Waals surface area contributed by atoms with E-state index in [4.69, 9.17) is 10.5 Å². The minimum absolute atomic E-state index is 0.0277. The van der Waals surface area contributed by atoms with E-state index in [1.165, 1.54) is 35.6 Å². The zero-order valence-electron chi connectivity index (χ0n) is 13.9. The summed E-state index contributed by atoms with van der Waals surface area (Å²) in [4.78, 5) is 36.9. The topological polar surface area (TPSA) is 119 Å². The van der Waals surface area contributed by atoms with Crippen LogP contribution < -0.4 is 11.1 Å². The average molecular weight is 374 g/mol. The highest BCUT2D eigenvalue weighted by Crippen LogP contribution is 2.37. The first-order valence-electron chi connectivity index (χ1n) is 8.16. The number of phenols is 1. The molecule has 0 unspecified atom stereocenters. The lowest BCUT2D eigenvalue weighted by atomic mass is 9.95. The van der Waals surface area contributed by atoms with Gasteiger partial charge in [0.15, 0.2) is 6.61 Å². The van der Waals surface area contributed by atoms with Gasteiger partial charge < -0.3 is 20.9 Å². The maximum Gasteiger partial charge on any atom is 0.338 e. The first-order valence-corrected chi connectivity index (χ1v) is 8.97. The van der Waals surface area contributed by atoms with Crippen molar-refractivity contribution in [1.29, 1.82) is 0 Å². The fourth-order valence-corrected chi connectivity index (χ4v) is 4.20. The summed E-state index contributed by atoms with van der Waals surface area (Å²) >= 11 is 1.35. The van der Waals surface area contributed by atoms with Gasteiger partial charge in [0.1, 0.15) is 10.8 Å². The van der Waals surface area contributed by atoms with Gasteiger partial charge in [0.05, 0.1) is 11.1 Å². The third-order valence-corrected chi connectivity index (χ3v) is 5.32. The number of amides is 2. The van der Waals surface area contributed by atoms with Gasteiger partial charge in [-0.2, -0.15) is 0 Å². The predicted molar refractivity (Wildman–Crippen MR) is 96.5 cm³/mol. The van der Waals surface area contributed by atoms with Crippen LogP contribution in [0.4, 0.5) is 5.00 Å². The Hall–Kier alpha value is -2.87. The van der Waals surface area contributed by atoms with Crippen molar-refractivity contribution in [1.82, 2.24) is 0 Å². The van der Waals surface area contributed by atoms with Crippen molar-refractivity contribution in [2.45, 2.75) is 25.7 Å². The Morgan fingerprint density at radius 1 is 1.15 bits per heavy atom. The van der Waals surface area contributed by atoms with Crippen LogP contribution in [0.1, 0.15) is 44.0 Å². The third kappa shape index (κ3) is 3.85. The molecule has 2 aromatic rings. The molecule has 1 heterocycles. The zero-order valence-corrected chi connectivity index (χ0v) is 14.7. The number of ether oxygens (including phenoxy) is 1. The maximum absolute atomic E-state index is 12.1. The highest BCUT2D eigenvalue weighted by Gasteiger charge is 2.25. The molecule has 26 heavy (non-hydrogen) atoms. The number of nitrogens with two attached hydrogens (primary N) is 1. The lowest BCUT2D eigenvalue weighted by molar-refractivity contribution is -0.119. The minimum Gasteiger partial charge on any atom is -0.508 e. The lowest BCUT2D eigenvalue weighted by Gasteiger charge is -2.11. The average Bonchev–Trinajstić information content (AvgIpc) is 2.98. The van der Waals surface area contributed by atoms with Gasteiger partial charge in [-0.3, -0.25) is 9.59 Å². The molecule has 3 rings (SSSR count). The van der Waals surface area contributed by atoms with Crippen molar-refractivity contribution in [2.24, 2.45) is 5.73 Å². The van der Waals surface area contributed by atoms with E-state index in [1.54, 1.807) is 0 Å². The number of benzene rings is 1. The van der Waals surface area contributed by atoms with Crippen molar-refractivity contribution in [3.63, 3.8) is 0 Å². The van der Waals surface area contributed by atoms with E-state index >= 15 is 0 Å². The predicted octanol–water partition coefficient (Wildman–Crippen LogP) is 2.23. The highest BCUT2D eigenvalue weighted by atomic mass is 32.1. The van der Waals surface area contributed by atoms with Crippen LogP contribution >= 0.6 is 11.3 Å². The van der Waals surface area contributed by atoms with Crippen LogP contribution in [0, 0.1) is 0 Å². The molecule has 1 aromatic heterocycles. The Morgan fingerprint density at radius 2 is 1.85 bits per heavy atom. The van der Waals surface area contributed by atoms with E-state index in [9.17, 15) is 19.5 Å². The first-order chi connectivity index (χ1) is 12.5. The number of fused-ring (bicyclic) bond motifs is 1. The van der Waals surface area contributed by atoms with Crippen molar-refractivity contribution in [2.75, 3.05) is 11.9 Å². The fourth-order valence-electron chi connectivity index (χ4n) is 2.89. The number of anilines is 1. The Bertz CT molecular complexity index is 857. The van der Waals surface area contributed by atoms with E-state index in [0.717, 1.165) is 36.1 Å². The Kier molecular flexibility index (Phi) is 5.22. The molecule has 0 atom stereocenters. The molecule has 2 amide bonds. The number of hydrogen-bond donors (Lipinski definition) is 3. The van der Waals surface area contributed by atoms with Crippen LogP contribution in [0.2, 0.25) is 0 Å². The van der Waals surface area contributed by atoms with Gasteiger partial charge >= 0.3 is 5.97 Å². The van der Waals surface area contributed by atoms with Gasteiger partial charge in [-0.05, 0) is 55.5 Å². The molecule has 1 aliphatic rings. The second kappa shape index (κ2) is 7.57. The molecule has 0 saturated carbocycles. The number of nitrogens with one attached hydrogen (secondary N) is 1. The Balaban J connectivity index is 1.65. The summed E-state index contributed by atoms with van der Waals surface area (Å²) in [6, 6.07) is 5.50. The number of primary amides is 1. The number of aryl methyl sites for hydroxylation is 1. The summed E-state index contributed by atoms with van der Waals surface area (Å²) in [5.41, 5.74) is 6.99. The third-order valence-electron chi connectivity index (χ3n) is 4.11. The fraction of sp³-hybridized carbons (Fsp3) is 0.278. The number of phenolic OH excluding ortho intramolecular Hbond substituents is 1. The summed E-state index contributed by atoms with van der Waals surface area (Å²) in [6.07, 6.45) is 3.67. The summed E-state index contributed by atoms with van der Waals surface area (Å²) in [7, 11) is 0. The maximum atomic E-state index is 12.1. The number of carbonyl (C=O) groups is 3. The second-order valence-electron chi connectivity index (χ2n) is 5.95. The van der Waals surface area contributed by atoms with E-state index in [2.05, 4.69) is 5.32 Å². The monoisotopic (exact) mass is 374 g/mol. The van der Waals surface area contributed by atoms with Gasteiger partial charge in [0.25, 0.3) is 11.8 Å². The zero-order chi connectivity index (χ0) is 18.7. The van der Waals surface area contributed by atoms with Crippen LogP contribution in [0.15, 0.2) is 24.3 Å². The van der Waals surface area contributed by atoms with Crippen LogP contribution in [0.25, 0.3) is 0 Å². The molecule has 0 fully saturated rings.